The van der Waals surface area contributed by atoms with Gasteiger partial charge in [-0.05, 0) is 17.2 Å². The van der Waals surface area contributed by atoms with Gasteiger partial charge in [0.15, 0.2) is 11.6 Å². The third-order valence-corrected chi connectivity index (χ3v) is 4.83. The van der Waals surface area contributed by atoms with E-state index in [1.54, 1.807) is 24.3 Å². The van der Waals surface area contributed by atoms with Crippen molar-refractivity contribution in [1.29, 1.82) is 10.0 Å². The molecule has 0 aliphatic heterocycles. The van der Waals surface area contributed by atoms with Crippen molar-refractivity contribution in [3.05, 3.63) is 59.5 Å². The van der Waals surface area contributed by atoms with Crippen LogP contribution < -0.4 is 4.74 Å². The Balaban J connectivity index is 2.20. The van der Waals surface area contributed by atoms with Crippen LogP contribution in [0.15, 0.2) is 42.6 Å². The topological polar surface area (TPSA) is 86.8 Å². The molecule has 132 valence electrons. The van der Waals surface area contributed by atoms with Crippen molar-refractivity contribution < 1.29 is 13.3 Å². The Bertz CT molecular complexity index is 1130. The minimum atomic E-state index is -2.64. The van der Waals surface area contributed by atoms with E-state index < -0.39 is 15.5 Å². The molecule has 0 amide bonds. The molecule has 1 aromatic heterocycles. The van der Waals surface area contributed by atoms with E-state index in [1.807, 2.05) is 0 Å². The van der Waals surface area contributed by atoms with Gasteiger partial charge in [0, 0.05) is 39.2 Å². The highest BCUT2D eigenvalue weighted by molar-refractivity contribution is 7.90. The maximum Gasteiger partial charge on any atom is 0.165 e. The average Bonchev–Trinajstić information content (AvgIpc) is 2.59. The molecule has 1 N–H and O–H groups in total. The van der Waals surface area contributed by atoms with E-state index in [0.717, 1.165) is 11.1 Å². The fraction of sp³-hybridized carbons (Fsp3) is 0.158. The zero-order chi connectivity index (χ0) is 18.9. The molecule has 0 bridgehead atoms. The van der Waals surface area contributed by atoms with Gasteiger partial charge in [-0.3, -0.25) is 9.76 Å². The van der Waals surface area contributed by atoms with Crippen LogP contribution in [-0.4, -0.2) is 22.6 Å². The first-order valence-electron chi connectivity index (χ1n) is 7.69. The van der Waals surface area contributed by atoms with Crippen LogP contribution in [0.2, 0.25) is 0 Å². The van der Waals surface area contributed by atoms with Crippen LogP contribution in [-0.2, 0) is 15.5 Å². The Labute approximate surface area is 151 Å². The summed E-state index contributed by atoms with van der Waals surface area (Å²) in [5.41, 5.74) is 2.91. The Morgan fingerprint density at radius 1 is 1.31 bits per heavy atom. The molecule has 0 radical (unpaired) electrons. The summed E-state index contributed by atoms with van der Waals surface area (Å²) < 4.78 is 38.4. The third kappa shape index (κ3) is 3.51. The number of benzene rings is 2. The van der Waals surface area contributed by atoms with Gasteiger partial charge in [-0.25, -0.2) is 8.60 Å². The summed E-state index contributed by atoms with van der Waals surface area (Å²) in [6, 6.07) is 12.0. The van der Waals surface area contributed by atoms with Gasteiger partial charge in [-0.1, -0.05) is 24.3 Å². The van der Waals surface area contributed by atoms with E-state index >= 15 is 0 Å². The molecule has 26 heavy (non-hydrogen) atoms. The molecular weight excluding hydrogens is 353 g/mol. The minimum absolute atomic E-state index is 0.0872. The van der Waals surface area contributed by atoms with Crippen molar-refractivity contribution >= 4 is 20.6 Å². The molecule has 5 nitrogen and oxygen atoms in total. The van der Waals surface area contributed by atoms with Crippen LogP contribution in [0.1, 0.15) is 11.1 Å². The van der Waals surface area contributed by atoms with Crippen molar-refractivity contribution in [2.75, 3.05) is 13.4 Å². The highest BCUT2D eigenvalue weighted by atomic mass is 32.2. The maximum absolute atomic E-state index is 14.2. The fourth-order valence-electron chi connectivity index (χ4n) is 2.83. The van der Waals surface area contributed by atoms with Crippen LogP contribution in [0.3, 0.4) is 0 Å². The summed E-state index contributed by atoms with van der Waals surface area (Å²) in [5.74, 6) is -0.291. The monoisotopic (exact) mass is 369 g/mol. The standard InChI is InChI=1S/C19H16FN3O2S/c1-25-18-8-17-15(7-16(18)20)19(14(9-21)10-23-17)13-5-3-12(4-6-13)11-26(2,22)24/h3-8,10,22H,11H2,1-2H3. The van der Waals surface area contributed by atoms with Crippen molar-refractivity contribution in [2.45, 2.75) is 5.75 Å². The maximum atomic E-state index is 14.2. The molecule has 0 fully saturated rings. The molecule has 7 heteroatoms. The SMILES string of the molecule is COc1cc2ncc(C#N)c(-c3ccc(CS(C)(=N)=O)cc3)c2cc1F. The van der Waals surface area contributed by atoms with Crippen LogP contribution in [0.5, 0.6) is 5.75 Å². The molecular formula is C19H16FN3O2S. The summed E-state index contributed by atoms with van der Waals surface area (Å²) >= 11 is 0. The van der Waals surface area contributed by atoms with E-state index in [2.05, 4.69) is 11.1 Å². The summed E-state index contributed by atoms with van der Waals surface area (Å²) in [7, 11) is -1.26. The third-order valence-electron chi connectivity index (χ3n) is 3.95. The number of ether oxygens (including phenoxy) is 1. The van der Waals surface area contributed by atoms with Gasteiger partial charge in [0.05, 0.1) is 23.9 Å². The molecule has 3 rings (SSSR count). The minimum Gasteiger partial charge on any atom is -0.494 e. The second-order valence-corrected chi connectivity index (χ2v) is 8.31. The van der Waals surface area contributed by atoms with Crippen molar-refractivity contribution in [2.24, 2.45) is 0 Å². The highest BCUT2D eigenvalue weighted by Gasteiger charge is 2.15. The van der Waals surface area contributed by atoms with Gasteiger partial charge in [-0.2, -0.15) is 5.26 Å². The lowest BCUT2D eigenvalue weighted by Crippen LogP contribution is -1.99. The van der Waals surface area contributed by atoms with E-state index in [0.29, 0.717) is 22.0 Å². The number of nitrogens with one attached hydrogen (secondary N) is 1. The largest absolute Gasteiger partial charge is 0.494 e. The Morgan fingerprint density at radius 3 is 2.58 bits per heavy atom. The van der Waals surface area contributed by atoms with Gasteiger partial charge in [-0.15, -0.1) is 0 Å². The second kappa shape index (κ2) is 6.73. The first-order valence-corrected chi connectivity index (χ1v) is 9.83. The zero-order valence-electron chi connectivity index (χ0n) is 14.2. The first-order chi connectivity index (χ1) is 12.3. The van der Waals surface area contributed by atoms with E-state index in [4.69, 9.17) is 9.52 Å². The lowest BCUT2D eigenvalue weighted by atomic mass is 9.96. The number of nitriles is 1. The zero-order valence-corrected chi connectivity index (χ0v) is 15.1. The molecule has 3 aromatic rings. The number of fused-ring (bicyclic) bond motifs is 1. The van der Waals surface area contributed by atoms with E-state index in [9.17, 15) is 13.9 Å². The number of hydrogen-bond acceptors (Lipinski definition) is 5. The van der Waals surface area contributed by atoms with E-state index in [1.165, 1.54) is 31.7 Å². The quantitative estimate of drug-likeness (QED) is 0.750. The number of rotatable bonds is 4. The van der Waals surface area contributed by atoms with Gasteiger partial charge in [0.1, 0.15) is 6.07 Å². The summed E-state index contributed by atoms with van der Waals surface area (Å²) in [6.07, 6.45) is 2.84. The Morgan fingerprint density at radius 2 is 2.00 bits per heavy atom. The summed E-state index contributed by atoms with van der Waals surface area (Å²) in [4.78, 5) is 4.22. The number of nitrogens with zero attached hydrogens (tertiary/aromatic N) is 2. The van der Waals surface area contributed by atoms with Crippen molar-refractivity contribution in [3.63, 3.8) is 0 Å². The van der Waals surface area contributed by atoms with Gasteiger partial charge < -0.3 is 4.74 Å². The average molecular weight is 369 g/mol. The molecule has 1 atom stereocenters. The van der Waals surface area contributed by atoms with Crippen LogP contribution in [0.25, 0.3) is 22.0 Å². The lowest BCUT2D eigenvalue weighted by Gasteiger charge is -2.11. The number of halogens is 1. The van der Waals surface area contributed by atoms with Gasteiger partial charge >= 0.3 is 0 Å². The molecule has 0 aliphatic carbocycles. The lowest BCUT2D eigenvalue weighted by molar-refractivity contribution is 0.387. The molecule has 0 aliphatic rings. The van der Waals surface area contributed by atoms with E-state index in [-0.39, 0.29) is 11.5 Å². The first kappa shape index (κ1) is 17.8. The smallest absolute Gasteiger partial charge is 0.165 e. The molecule has 1 heterocycles. The highest BCUT2D eigenvalue weighted by Crippen LogP contribution is 2.34. The summed E-state index contributed by atoms with van der Waals surface area (Å²) in [6.45, 7) is 0. The predicted molar refractivity (Wildman–Crippen MR) is 98.9 cm³/mol. The fourth-order valence-corrected chi connectivity index (χ4v) is 3.66. The van der Waals surface area contributed by atoms with Crippen LogP contribution >= 0.6 is 0 Å². The van der Waals surface area contributed by atoms with Gasteiger partial charge in [0.2, 0.25) is 0 Å². The number of aromatic nitrogens is 1. The predicted octanol–water partition coefficient (Wildman–Crippen LogP) is 4.10. The van der Waals surface area contributed by atoms with Crippen LogP contribution in [0.4, 0.5) is 4.39 Å². The van der Waals surface area contributed by atoms with Crippen molar-refractivity contribution in [3.8, 4) is 22.9 Å². The second-order valence-electron chi connectivity index (χ2n) is 6.01. The molecule has 1 unspecified atom stereocenters. The Hall–Kier alpha value is -2.98. The van der Waals surface area contributed by atoms with Crippen LogP contribution in [0, 0.1) is 21.9 Å². The molecule has 0 spiro atoms. The molecule has 2 aromatic carbocycles. The molecule has 0 saturated carbocycles. The Kier molecular flexibility index (Phi) is 4.62. The van der Waals surface area contributed by atoms with Crippen molar-refractivity contribution in [1.82, 2.24) is 4.98 Å². The van der Waals surface area contributed by atoms with Gasteiger partial charge in [0.25, 0.3) is 0 Å². The number of methoxy groups -OCH3 is 1. The summed E-state index contributed by atoms with van der Waals surface area (Å²) in [5, 5.41) is 9.95. The number of hydrogen-bond donors (Lipinski definition) is 1. The normalized spacial score (nSPS) is 13.2. The molecule has 0 saturated heterocycles. The number of pyridine rings is 1.